The molecule has 0 saturated carbocycles. The van der Waals surface area contributed by atoms with Crippen LogP contribution in [0.15, 0.2) is 53.3 Å². The van der Waals surface area contributed by atoms with Crippen molar-refractivity contribution in [3.63, 3.8) is 0 Å². The fraction of sp³-hybridized carbons (Fsp3) is 0.286. The Hall–Kier alpha value is -2.95. The summed E-state index contributed by atoms with van der Waals surface area (Å²) >= 11 is 0. The minimum atomic E-state index is -0.240. The molecule has 26 heavy (non-hydrogen) atoms. The average molecular weight is 347 g/mol. The second-order valence-corrected chi connectivity index (χ2v) is 7.52. The molecule has 0 radical (unpaired) electrons. The standard InChI is InChI=1S/C21H21N3O2/c1-21(2)12-18(15-9-5-6-10-16(15)21)22-19(25)11-17-13-7-3-4-8-14(13)20(26)24-23-17/h3-10,18H,11-12H2,1-2H3,(H,22,25)(H,24,26). The number of hydrogen-bond acceptors (Lipinski definition) is 3. The van der Waals surface area contributed by atoms with Gasteiger partial charge in [0.15, 0.2) is 0 Å². The van der Waals surface area contributed by atoms with Gasteiger partial charge in [-0.15, -0.1) is 0 Å². The Morgan fingerprint density at radius 1 is 1.15 bits per heavy atom. The summed E-state index contributed by atoms with van der Waals surface area (Å²) in [6.07, 6.45) is 1.01. The van der Waals surface area contributed by atoms with E-state index in [1.807, 2.05) is 24.3 Å². The Morgan fingerprint density at radius 3 is 2.65 bits per heavy atom. The lowest BCUT2D eigenvalue weighted by Gasteiger charge is -2.19. The number of fused-ring (bicyclic) bond motifs is 2. The molecule has 0 spiro atoms. The van der Waals surface area contributed by atoms with E-state index in [1.165, 1.54) is 11.1 Å². The van der Waals surface area contributed by atoms with Crippen molar-refractivity contribution in [2.45, 2.75) is 38.1 Å². The van der Waals surface area contributed by atoms with E-state index in [-0.39, 0.29) is 29.3 Å². The number of H-pyrrole nitrogens is 1. The molecule has 0 aliphatic heterocycles. The van der Waals surface area contributed by atoms with Crippen molar-refractivity contribution in [1.29, 1.82) is 0 Å². The molecule has 1 aliphatic carbocycles. The number of carbonyl (C=O) groups is 1. The molecule has 4 rings (SSSR count). The van der Waals surface area contributed by atoms with Crippen molar-refractivity contribution in [3.8, 4) is 0 Å². The summed E-state index contributed by atoms with van der Waals surface area (Å²) < 4.78 is 0. The van der Waals surface area contributed by atoms with Crippen molar-refractivity contribution < 1.29 is 4.79 Å². The first-order valence-electron chi connectivity index (χ1n) is 8.81. The summed E-state index contributed by atoms with van der Waals surface area (Å²) in [5, 5.41) is 11.0. The number of amides is 1. The molecule has 1 heterocycles. The van der Waals surface area contributed by atoms with Crippen LogP contribution < -0.4 is 10.9 Å². The lowest BCUT2D eigenvalue weighted by atomic mass is 9.86. The van der Waals surface area contributed by atoms with Crippen LogP contribution in [-0.4, -0.2) is 16.1 Å². The van der Waals surface area contributed by atoms with Crippen LogP contribution in [0.5, 0.6) is 0 Å². The first-order chi connectivity index (χ1) is 12.5. The van der Waals surface area contributed by atoms with Crippen LogP contribution >= 0.6 is 0 Å². The summed E-state index contributed by atoms with van der Waals surface area (Å²) in [6.45, 7) is 4.41. The molecule has 1 aromatic heterocycles. The highest BCUT2D eigenvalue weighted by Gasteiger charge is 2.37. The maximum Gasteiger partial charge on any atom is 0.272 e. The van der Waals surface area contributed by atoms with Crippen LogP contribution in [0.1, 0.15) is 43.1 Å². The fourth-order valence-electron chi connectivity index (χ4n) is 3.98. The van der Waals surface area contributed by atoms with E-state index in [4.69, 9.17) is 0 Å². The molecule has 2 N–H and O–H groups in total. The molecule has 1 atom stereocenters. The Bertz CT molecular complexity index is 1050. The van der Waals surface area contributed by atoms with E-state index < -0.39 is 0 Å². The zero-order valence-electron chi connectivity index (χ0n) is 14.9. The second kappa shape index (κ2) is 6.09. The van der Waals surface area contributed by atoms with Gasteiger partial charge in [0.25, 0.3) is 5.56 Å². The van der Waals surface area contributed by atoms with Gasteiger partial charge in [0.2, 0.25) is 5.91 Å². The van der Waals surface area contributed by atoms with Crippen molar-refractivity contribution in [2.75, 3.05) is 0 Å². The average Bonchev–Trinajstić information content (AvgIpc) is 2.88. The third-order valence-corrected chi connectivity index (χ3v) is 5.22. The number of rotatable bonds is 3. The Balaban J connectivity index is 1.58. The zero-order chi connectivity index (χ0) is 18.3. The minimum absolute atomic E-state index is 0.00252. The van der Waals surface area contributed by atoms with Gasteiger partial charge >= 0.3 is 0 Å². The van der Waals surface area contributed by atoms with Crippen LogP contribution in [0, 0.1) is 0 Å². The largest absolute Gasteiger partial charge is 0.349 e. The Morgan fingerprint density at radius 2 is 1.85 bits per heavy atom. The van der Waals surface area contributed by atoms with Gasteiger partial charge in [-0.1, -0.05) is 56.3 Å². The fourth-order valence-corrected chi connectivity index (χ4v) is 3.98. The van der Waals surface area contributed by atoms with Gasteiger partial charge in [-0.25, -0.2) is 5.10 Å². The molecule has 0 bridgehead atoms. The van der Waals surface area contributed by atoms with Crippen LogP contribution in [-0.2, 0) is 16.6 Å². The number of nitrogens with one attached hydrogen (secondary N) is 2. The van der Waals surface area contributed by atoms with Gasteiger partial charge in [0.05, 0.1) is 23.5 Å². The highest BCUT2D eigenvalue weighted by molar-refractivity contribution is 5.88. The number of benzene rings is 2. The van der Waals surface area contributed by atoms with Crippen LogP contribution in [0.2, 0.25) is 0 Å². The molecule has 0 saturated heterocycles. The molecule has 3 aromatic rings. The number of aromatic nitrogens is 2. The van der Waals surface area contributed by atoms with E-state index >= 15 is 0 Å². The molecule has 132 valence electrons. The summed E-state index contributed by atoms with van der Waals surface area (Å²) in [5.74, 6) is -0.0906. The van der Waals surface area contributed by atoms with E-state index in [2.05, 4.69) is 41.5 Å². The summed E-state index contributed by atoms with van der Waals surface area (Å²) in [6, 6.07) is 15.5. The number of aromatic amines is 1. The topological polar surface area (TPSA) is 74.8 Å². The van der Waals surface area contributed by atoms with Crippen molar-refractivity contribution in [2.24, 2.45) is 0 Å². The van der Waals surface area contributed by atoms with Crippen LogP contribution in [0.3, 0.4) is 0 Å². The maximum absolute atomic E-state index is 12.7. The second-order valence-electron chi connectivity index (χ2n) is 7.52. The van der Waals surface area contributed by atoms with Crippen LogP contribution in [0.4, 0.5) is 0 Å². The van der Waals surface area contributed by atoms with E-state index in [0.29, 0.717) is 11.1 Å². The van der Waals surface area contributed by atoms with Crippen molar-refractivity contribution in [3.05, 3.63) is 75.7 Å². The summed E-state index contributed by atoms with van der Waals surface area (Å²) in [5.41, 5.74) is 2.86. The quantitative estimate of drug-likeness (QED) is 0.765. The third kappa shape index (κ3) is 2.79. The van der Waals surface area contributed by atoms with E-state index in [0.717, 1.165) is 11.8 Å². The van der Waals surface area contributed by atoms with E-state index in [9.17, 15) is 9.59 Å². The predicted molar refractivity (Wildman–Crippen MR) is 101 cm³/mol. The first kappa shape index (κ1) is 16.5. The molecule has 2 aromatic carbocycles. The van der Waals surface area contributed by atoms with Gasteiger partial charge in [-0.05, 0) is 29.0 Å². The third-order valence-electron chi connectivity index (χ3n) is 5.22. The first-order valence-corrected chi connectivity index (χ1v) is 8.81. The lowest BCUT2D eigenvalue weighted by molar-refractivity contribution is -0.121. The zero-order valence-corrected chi connectivity index (χ0v) is 14.9. The molecule has 1 unspecified atom stereocenters. The molecule has 1 aliphatic rings. The van der Waals surface area contributed by atoms with Crippen molar-refractivity contribution >= 4 is 16.7 Å². The number of carbonyl (C=O) groups excluding carboxylic acids is 1. The maximum atomic E-state index is 12.7. The van der Waals surface area contributed by atoms with Gasteiger partial charge in [0.1, 0.15) is 0 Å². The highest BCUT2D eigenvalue weighted by Crippen LogP contribution is 2.44. The normalized spacial score (nSPS) is 17.8. The van der Waals surface area contributed by atoms with Gasteiger partial charge < -0.3 is 5.32 Å². The highest BCUT2D eigenvalue weighted by atomic mass is 16.1. The monoisotopic (exact) mass is 347 g/mol. The molecule has 5 heteroatoms. The van der Waals surface area contributed by atoms with Crippen molar-refractivity contribution in [1.82, 2.24) is 15.5 Å². The Labute approximate surface area is 151 Å². The summed E-state index contributed by atoms with van der Waals surface area (Å²) in [7, 11) is 0. The predicted octanol–water partition coefficient (Wildman–Crippen LogP) is 3.00. The number of hydrogen-bond donors (Lipinski definition) is 2. The molecular weight excluding hydrogens is 326 g/mol. The molecule has 1 amide bonds. The Kier molecular flexibility index (Phi) is 3.87. The minimum Gasteiger partial charge on any atom is -0.349 e. The molecule has 0 fully saturated rings. The molecular formula is C21H21N3O2. The van der Waals surface area contributed by atoms with Gasteiger partial charge in [-0.3, -0.25) is 9.59 Å². The SMILES string of the molecule is CC1(C)CC(NC(=O)Cc2n[nH]c(=O)c3ccccc23)c2ccccc21. The lowest BCUT2D eigenvalue weighted by Crippen LogP contribution is -2.30. The molecule has 5 nitrogen and oxygen atoms in total. The van der Waals surface area contributed by atoms with Gasteiger partial charge in [0, 0.05) is 5.39 Å². The van der Waals surface area contributed by atoms with Gasteiger partial charge in [-0.2, -0.15) is 5.10 Å². The smallest absolute Gasteiger partial charge is 0.272 e. The summed E-state index contributed by atoms with van der Waals surface area (Å²) in [4.78, 5) is 24.6. The number of nitrogens with zero attached hydrogens (tertiary/aromatic N) is 1. The van der Waals surface area contributed by atoms with Crippen LogP contribution in [0.25, 0.3) is 10.8 Å². The van der Waals surface area contributed by atoms with E-state index in [1.54, 1.807) is 12.1 Å².